The highest BCUT2D eigenvalue weighted by atomic mass is 79.9. The van der Waals surface area contributed by atoms with Gasteiger partial charge in [-0.3, -0.25) is 0 Å². The maximum absolute atomic E-state index is 9.60. The number of hydrogen-bond acceptors (Lipinski definition) is 2. The van der Waals surface area contributed by atoms with Crippen molar-refractivity contribution in [2.24, 2.45) is 0 Å². The number of anilines is 1. The lowest BCUT2D eigenvalue weighted by molar-refractivity contribution is 0.199. The Balaban J connectivity index is 2.19. The first-order valence-electron chi connectivity index (χ1n) is 6.40. The fraction of sp³-hybridized carbons (Fsp3) is 0.250. The zero-order chi connectivity index (χ0) is 14.7. The smallest absolute Gasteiger partial charge is 0.0762 e. The van der Waals surface area contributed by atoms with Crippen LogP contribution < -0.4 is 4.90 Å². The fourth-order valence-electron chi connectivity index (χ4n) is 2.09. The first-order chi connectivity index (χ1) is 9.47. The highest BCUT2D eigenvalue weighted by Gasteiger charge is 2.09. The van der Waals surface area contributed by atoms with Crippen molar-refractivity contribution in [3.63, 3.8) is 0 Å². The second kappa shape index (κ2) is 6.74. The van der Waals surface area contributed by atoms with Gasteiger partial charge in [0.1, 0.15) is 0 Å². The van der Waals surface area contributed by atoms with Crippen molar-refractivity contribution < 1.29 is 5.11 Å². The Labute approximate surface area is 136 Å². The van der Waals surface area contributed by atoms with Gasteiger partial charge in [0.25, 0.3) is 0 Å². The highest BCUT2D eigenvalue weighted by Crippen LogP contribution is 2.29. The monoisotopic (exact) mass is 397 g/mol. The van der Waals surface area contributed by atoms with E-state index in [1.54, 1.807) is 6.92 Å². The Morgan fingerprint density at radius 2 is 1.90 bits per heavy atom. The van der Waals surface area contributed by atoms with Crippen molar-refractivity contribution in [2.45, 2.75) is 19.6 Å². The number of halogens is 2. The van der Waals surface area contributed by atoms with Crippen molar-refractivity contribution in [1.29, 1.82) is 0 Å². The standard InChI is InChI=1S/C16H17Br2NO/c1-11(20)13-6-7-16(15(18)9-13)19(2)10-12-4-3-5-14(17)8-12/h3-9,11,20H,10H2,1-2H3/t11-/m0/s1. The van der Waals surface area contributed by atoms with Crippen LogP contribution in [0.5, 0.6) is 0 Å². The van der Waals surface area contributed by atoms with Crippen molar-refractivity contribution in [3.05, 3.63) is 62.5 Å². The molecule has 1 N–H and O–H groups in total. The lowest BCUT2D eigenvalue weighted by atomic mass is 10.1. The van der Waals surface area contributed by atoms with Gasteiger partial charge in [0.2, 0.25) is 0 Å². The van der Waals surface area contributed by atoms with Gasteiger partial charge in [-0.1, -0.05) is 34.1 Å². The van der Waals surface area contributed by atoms with Crippen LogP contribution in [0, 0.1) is 0 Å². The average Bonchev–Trinajstić information content (AvgIpc) is 2.38. The van der Waals surface area contributed by atoms with Crippen LogP contribution in [-0.2, 0) is 6.54 Å². The molecule has 0 bridgehead atoms. The number of rotatable bonds is 4. The Kier molecular flexibility index (Phi) is 5.24. The zero-order valence-electron chi connectivity index (χ0n) is 11.5. The molecule has 0 saturated heterocycles. The summed E-state index contributed by atoms with van der Waals surface area (Å²) in [6.07, 6.45) is -0.448. The molecule has 0 aliphatic heterocycles. The van der Waals surface area contributed by atoms with E-state index in [2.05, 4.69) is 55.9 Å². The predicted molar refractivity (Wildman–Crippen MR) is 91.0 cm³/mol. The molecule has 0 aliphatic rings. The molecule has 106 valence electrons. The van der Waals surface area contributed by atoms with Crippen LogP contribution in [0.3, 0.4) is 0 Å². The quantitative estimate of drug-likeness (QED) is 0.791. The largest absolute Gasteiger partial charge is 0.389 e. The van der Waals surface area contributed by atoms with Gasteiger partial charge in [-0.2, -0.15) is 0 Å². The summed E-state index contributed by atoms with van der Waals surface area (Å²) >= 11 is 7.07. The Morgan fingerprint density at radius 3 is 2.50 bits per heavy atom. The van der Waals surface area contributed by atoms with Gasteiger partial charge in [-0.15, -0.1) is 0 Å². The topological polar surface area (TPSA) is 23.5 Å². The second-order valence-electron chi connectivity index (χ2n) is 4.87. The molecule has 0 radical (unpaired) electrons. The van der Waals surface area contributed by atoms with Gasteiger partial charge >= 0.3 is 0 Å². The Hall–Kier alpha value is -0.840. The molecule has 4 heteroatoms. The minimum atomic E-state index is -0.448. The summed E-state index contributed by atoms with van der Waals surface area (Å²) in [7, 11) is 2.06. The van der Waals surface area contributed by atoms with E-state index in [1.165, 1.54) is 5.56 Å². The summed E-state index contributed by atoms with van der Waals surface area (Å²) in [5.41, 5.74) is 3.26. The van der Waals surface area contributed by atoms with Crippen molar-refractivity contribution in [3.8, 4) is 0 Å². The van der Waals surface area contributed by atoms with Crippen molar-refractivity contribution >= 4 is 37.5 Å². The molecule has 2 aromatic carbocycles. The van der Waals surface area contributed by atoms with Gasteiger partial charge in [0.15, 0.2) is 0 Å². The van der Waals surface area contributed by atoms with Crippen LogP contribution in [0.2, 0.25) is 0 Å². The summed E-state index contributed by atoms with van der Waals surface area (Å²) in [6, 6.07) is 14.3. The number of nitrogens with zero attached hydrogens (tertiary/aromatic N) is 1. The second-order valence-corrected chi connectivity index (χ2v) is 6.64. The summed E-state index contributed by atoms with van der Waals surface area (Å²) < 4.78 is 2.08. The average molecular weight is 399 g/mol. The van der Waals surface area contributed by atoms with E-state index >= 15 is 0 Å². The first kappa shape index (κ1) is 15.5. The lowest BCUT2D eigenvalue weighted by Crippen LogP contribution is -2.17. The van der Waals surface area contributed by atoms with Crippen LogP contribution >= 0.6 is 31.9 Å². The molecule has 0 unspecified atom stereocenters. The van der Waals surface area contributed by atoms with Gasteiger partial charge in [-0.05, 0) is 58.2 Å². The number of benzene rings is 2. The first-order valence-corrected chi connectivity index (χ1v) is 7.99. The minimum Gasteiger partial charge on any atom is -0.389 e. The number of aliphatic hydroxyl groups is 1. The molecule has 2 nitrogen and oxygen atoms in total. The lowest BCUT2D eigenvalue weighted by Gasteiger charge is -2.22. The maximum atomic E-state index is 9.60. The molecule has 1 atom stereocenters. The number of aliphatic hydroxyl groups excluding tert-OH is 1. The van der Waals surface area contributed by atoms with Crippen molar-refractivity contribution in [2.75, 3.05) is 11.9 Å². The van der Waals surface area contributed by atoms with E-state index < -0.39 is 6.10 Å². The van der Waals surface area contributed by atoms with Crippen molar-refractivity contribution in [1.82, 2.24) is 0 Å². The molecule has 0 amide bonds. The van der Waals surface area contributed by atoms with E-state index in [9.17, 15) is 5.11 Å². The SMILES string of the molecule is C[C@H](O)c1ccc(N(C)Cc2cccc(Br)c2)c(Br)c1. The minimum absolute atomic E-state index is 0.448. The molecule has 0 spiro atoms. The van der Waals surface area contributed by atoms with Gasteiger partial charge in [0, 0.05) is 22.5 Å². The molecule has 2 aromatic rings. The van der Waals surface area contributed by atoms with Gasteiger partial charge < -0.3 is 10.0 Å². The molecule has 0 fully saturated rings. The van der Waals surface area contributed by atoms with Gasteiger partial charge in [-0.25, -0.2) is 0 Å². The van der Waals surface area contributed by atoms with Crippen LogP contribution in [0.15, 0.2) is 51.4 Å². The molecule has 0 heterocycles. The normalized spacial score (nSPS) is 12.2. The Morgan fingerprint density at radius 1 is 1.15 bits per heavy atom. The van der Waals surface area contributed by atoms with E-state index in [1.807, 2.05) is 30.3 Å². The molecular formula is C16H17Br2NO. The van der Waals surface area contributed by atoms with Crippen LogP contribution in [0.4, 0.5) is 5.69 Å². The highest BCUT2D eigenvalue weighted by molar-refractivity contribution is 9.10. The third-order valence-electron chi connectivity index (χ3n) is 3.17. The van der Waals surface area contributed by atoms with Gasteiger partial charge in [0.05, 0.1) is 11.8 Å². The van der Waals surface area contributed by atoms with E-state index in [-0.39, 0.29) is 0 Å². The molecule has 2 rings (SSSR count). The summed E-state index contributed by atoms with van der Waals surface area (Å²) in [5.74, 6) is 0. The molecule has 0 saturated carbocycles. The summed E-state index contributed by atoms with van der Waals surface area (Å²) in [6.45, 7) is 2.60. The summed E-state index contributed by atoms with van der Waals surface area (Å²) in [4.78, 5) is 2.18. The van der Waals surface area contributed by atoms with E-state index in [0.717, 1.165) is 26.7 Å². The molecule has 0 aliphatic carbocycles. The van der Waals surface area contributed by atoms with Crippen LogP contribution in [0.1, 0.15) is 24.2 Å². The third kappa shape index (κ3) is 3.84. The van der Waals surface area contributed by atoms with Crippen LogP contribution in [0.25, 0.3) is 0 Å². The summed E-state index contributed by atoms with van der Waals surface area (Å²) in [5, 5.41) is 9.60. The zero-order valence-corrected chi connectivity index (χ0v) is 14.6. The number of hydrogen-bond donors (Lipinski definition) is 1. The Bertz CT molecular complexity index is 599. The maximum Gasteiger partial charge on any atom is 0.0762 e. The van der Waals surface area contributed by atoms with E-state index in [4.69, 9.17) is 0 Å². The molecular weight excluding hydrogens is 382 g/mol. The van der Waals surface area contributed by atoms with E-state index in [0.29, 0.717) is 0 Å². The fourth-order valence-corrected chi connectivity index (χ4v) is 3.23. The third-order valence-corrected chi connectivity index (χ3v) is 4.30. The van der Waals surface area contributed by atoms with Crippen LogP contribution in [-0.4, -0.2) is 12.2 Å². The molecule has 20 heavy (non-hydrogen) atoms. The predicted octanol–water partition coefficient (Wildman–Crippen LogP) is 4.90. The molecule has 0 aromatic heterocycles.